The Kier molecular flexibility index (Phi) is 4.45. The molecular weight excluding hydrogens is 310 g/mol. The number of pyridine rings is 1. The van der Waals surface area contributed by atoms with Crippen molar-refractivity contribution in [2.45, 2.75) is 25.3 Å². The van der Waals surface area contributed by atoms with Crippen LogP contribution in [0.4, 0.5) is 0 Å². The molecule has 3 N–H and O–H groups in total. The Morgan fingerprint density at radius 2 is 2.17 bits per heavy atom. The second kappa shape index (κ2) is 6.69. The van der Waals surface area contributed by atoms with Gasteiger partial charge in [0.05, 0.1) is 0 Å². The fourth-order valence-corrected chi connectivity index (χ4v) is 3.07. The van der Waals surface area contributed by atoms with Crippen LogP contribution in [0, 0.1) is 0 Å². The molecule has 3 heterocycles. The van der Waals surface area contributed by atoms with Gasteiger partial charge in [-0.1, -0.05) is 0 Å². The molecule has 2 aromatic rings. The van der Waals surface area contributed by atoms with Crippen LogP contribution in [0.3, 0.4) is 0 Å². The standard InChI is InChI=1S/C16H19N5O3/c17-13(23)10-20-8-6-19-15(20)11-3-2-7-21(9-11)16(24)14-12(22)4-1-5-18-14/h1,4-6,8,11,22H,2-3,7,9-10H2,(H2,17,23)/t11-/m0/s1. The summed E-state index contributed by atoms with van der Waals surface area (Å²) in [4.78, 5) is 33.7. The molecule has 1 saturated heterocycles. The first-order chi connectivity index (χ1) is 11.6. The number of aromatic nitrogens is 3. The summed E-state index contributed by atoms with van der Waals surface area (Å²) in [7, 11) is 0. The van der Waals surface area contributed by atoms with Crippen molar-refractivity contribution in [3.63, 3.8) is 0 Å². The lowest BCUT2D eigenvalue weighted by Gasteiger charge is -2.32. The maximum atomic E-state index is 12.6. The first-order valence-electron chi connectivity index (χ1n) is 7.79. The Labute approximate surface area is 138 Å². The van der Waals surface area contributed by atoms with Crippen molar-refractivity contribution in [2.24, 2.45) is 5.73 Å². The second-order valence-electron chi connectivity index (χ2n) is 5.84. The molecule has 3 rings (SSSR count). The highest BCUT2D eigenvalue weighted by Crippen LogP contribution is 2.27. The van der Waals surface area contributed by atoms with Crippen molar-refractivity contribution in [1.82, 2.24) is 19.4 Å². The lowest BCUT2D eigenvalue weighted by Crippen LogP contribution is -2.40. The minimum Gasteiger partial charge on any atom is -0.505 e. The molecular formula is C16H19N5O3. The average molecular weight is 329 g/mol. The SMILES string of the molecule is NC(=O)Cn1ccnc1[C@H]1CCCN(C(=O)c2ncccc2O)C1. The molecule has 1 aliphatic rings. The third-order valence-corrected chi connectivity index (χ3v) is 4.14. The summed E-state index contributed by atoms with van der Waals surface area (Å²) in [5.74, 6) is -0.0958. The van der Waals surface area contributed by atoms with Crippen LogP contribution in [0.1, 0.15) is 35.1 Å². The topological polar surface area (TPSA) is 114 Å². The number of aromatic hydroxyl groups is 1. The lowest BCUT2D eigenvalue weighted by molar-refractivity contribution is -0.118. The van der Waals surface area contributed by atoms with Crippen molar-refractivity contribution in [2.75, 3.05) is 13.1 Å². The zero-order chi connectivity index (χ0) is 17.1. The molecule has 0 spiro atoms. The monoisotopic (exact) mass is 329 g/mol. The molecule has 0 bridgehead atoms. The zero-order valence-electron chi connectivity index (χ0n) is 13.1. The van der Waals surface area contributed by atoms with E-state index in [1.807, 2.05) is 0 Å². The first kappa shape index (κ1) is 16.0. The third kappa shape index (κ3) is 3.22. The summed E-state index contributed by atoms with van der Waals surface area (Å²) in [5, 5.41) is 9.83. The van der Waals surface area contributed by atoms with E-state index in [1.54, 1.807) is 27.9 Å². The fourth-order valence-electron chi connectivity index (χ4n) is 3.07. The number of carbonyl (C=O) groups excluding carboxylic acids is 2. The Hall–Kier alpha value is -2.90. The molecule has 1 fully saturated rings. The third-order valence-electron chi connectivity index (χ3n) is 4.14. The van der Waals surface area contributed by atoms with E-state index in [0.29, 0.717) is 13.1 Å². The van der Waals surface area contributed by atoms with Gasteiger partial charge < -0.3 is 20.3 Å². The number of rotatable bonds is 4. The van der Waals surface area contributed by atoms with Gasteiger partial charge in [0.2, 0.25) is 5.91 Å². The number of hydrogen-bond acceptors (Lipinski definition) is 5. The average Bonchev–Trinajstić information content (AvgIpc) is 3.02. The largest absolute Gasteiger partial charge is 0.505 e. The Morgan fingerprint density at radius 1 is 1.33 bits per heavy atom. The lowest BCUT2D eigenvalue weighted by atomic mass is 9.96. The van der Waals surface area contributed by atoms with Gasteiger partial charge in [-0.3, -0.25) is 9.59 Å². The molecule has 0 unspecified atom stereocenters. The number of imidazole rings is 1. The van der Waals surface area contributed by atoms with Crippen molar-refractivity contribution >= 4 is 11.8 Å². The molecule has 2 aromatic heterocycles. The van der Waals surface area contributed by atoms with E-state index in [9.17, 15) is 14.7 Å². The smallest absolute Gasteiger partial charge is 0.276 e. The number of primary amides is 1. The van der Waals surface area contributed by atoms with Gasteiger partial charge in [-0.15, -0.1) is 0 Å². The van der Waals surface area contributed by atoms with E-state index in [0.717, 1.165) is 18.7 Å². The van der Waals surface area contributed by atoms with Crippen LogP contribution in [0.25, 0.3) is 0 Å². The maximum absolute atomic E-state index is 12.6. The highest BCUT2D eigenvalue weighted by Gasteiger charge is 2.29. The molecule has 8 heteroatoms. The molecule has 0 saturated carbocycles. The summed E-state index contributed by atoms with van der Waals surface area (Å²) in [6.07, 6.45) is 6.50. The molecule has 24 heavy (non-hydrogen) atoms. The van der Waals surface area contributed by atoms with Gasteiger partial charge in [0.1, 0.15) is 18.1 Å². The Balaban J connectivity index is 1.78. The van der Waals surface area contributed by atoms with Gasteiger partial charge in [0.25, 0.3) is 5.91 Å². The normalized spacial score (nSPS) is 17.7. The predicted octanol–water partition coefficient (Wildman–Crippen LogP) is 0.489. The number of amides is 2. The minimum atomic E-state index is -0.434. The van der Waals surface area contributed by atoms with Crippen LogP contribution in [-0.4, -0.2) is 49.4 Å². The number of carbonyl (C=O) groups is 2. The van der Waals surface area contributed by atoms with E-state index < -0.39 is 5.91 Å². The molecule has 0 radical (unpaired) electrons. The minimum absolute atomic E-state index is 0.0166. The van der Waals surface area contributed by atoms with Crippen molar-refractivity contribution in [3.8, 4) is 5.75 Å². The van der Waals surface area contributed by atoms with Crippen LogP contribution in [-0.2, 0) is 11.3 Å². The summed E-state index contributed by atoms with van der Waals surface area (Å²) >= 11 is 0. The highest BCUT2D eigenvalue weighted by atomic mass is 16.3. The molecule has 1 aliphatic heterocycles. The van der Waals surface area contributed by atoms with Crippen molar-refractivity contribution < 1.29 is 14.7 Å². The van der Waals surface area contributed by atoms with Gasteiger partial charge in [-0.2, -0.15) is 0 Å². The van der Waals surface area contributed by atoms with Gasteiger partial charge in [0.15, 0.2) is 5.69 Å². The van der Waals surface area contributed by atoms with Gasteiger partial charge in [0, 0.05) is 37.6 Å². The summed E-state index contributed by atoms with van der Waals surface area (Å²) in [5.41, 5.74) is 5.32. The van der Waals surface area contributed by atoms with E-state index in [4.69, 9.17) is 5.73 Å². The molecule has 0 aromatic carbocycles. The van der Waals surface area contributed by atoms with Crippen LogP contribution in [0.5, 0.6) is 5.75 Å². The van der Waals surface area contributed by atoms with E-state index in [1.165, 1.54) is 12.3 Å². The molecule has 126 valence electrons. The van der Waals surface area contributed by atoms with E-state index in [2.05, 4.69) is 9.97 Å². The molecule has 0 aliphatic carbocycles. The van der Waals surface area contributed by atoms with E-state index in [-0.39, 0.29) is 29.8 Å². The first-order valence-corrected chi connectivity index (χ1v) is 7.79. The fraction of sp³-hybridized carbons (Fsp3) is 0.375. The van der Waals surface area contributed by atoms with Gasteiger partial charge in [-0.25, -0.2) is 9.97 Å². The summed E-state index contributed by atoms with van der Waals surface area (Å²) in [6.45, 7) is 1.13. The molecule has 2 amide bonds. The van der Waals surface area contributed by atoms with Gasteiger partial charge in [-0.05, 0) is 25.0 Å². The summed E-state index contributed by atoms with van der Waals surface area (Å²) in [6, 6.07) is 3.02. The van der Waals surface area contributed by atoms with Crippen molar-refractivity contribution in [1.29, 1.82) is 0 Å². The second-order valence-corrected chi connectivity index (χ2v) is 5.84. The van der Waals surface area contributed by atoms with Crippen molar-refractivity contribution in [3.05, 3.63) is 42.2 Å². The maximum Gasteiger partial charge on any atom is 0.276 e. The van der Waals surface area contributed by atoms with Crippen LogP contribution >= 0.6 is 0 Å². The highest BCUT2D eigenvalue weighted by molar-refractivity contribution is 5.94. The number of piperidine rings is 1. The molecule has 1 atom stereocenters. The number of nitrogens with zero attached hydrogens (tertiary/aromatic N) is 4. The van der Waals surface area contributed by atoms with Crippen LogP contribution in [0.2, 0.25) is 0 Å². The Morgan fingerprint density at radius 3 is 2.92 bits per heavy atom. The van der Waals surface area contributed by atoms with Crippen LogP contribution < -0.4 is 5.73 Å². The Bertz CT molecular complexity index is 758. The predicted molar refractivity (Wildman–Crippen MR) is 85.2 cm³/mol. The number of nitrogens with two attached hydrogens (primary N) is 1. The zero-order valence-corrected chi connectivity index (χ0v) is 13.1. The number of likely N-dealkylation sites (tertiary alicyclic amines) is 1. The summed E-state index contributed by atoms with van der Waals surface area (Å²) < 4.78 is 1.72. The van der Waals surface area contributed by atoms with Gasteiger partial charge >= 0.3 is 0 Å². The quantitative estimate of drug-likeness (QED) is 0.847. The molecule has 8 nitrogen and oxygen atoms in total. The number of hydrogen-bond donors (Lipinski definition) is 2. The van der Waals surface area contributed by atoms with E-state index >= 15 is 0 Å². The van der Waals surface area contributed by atoms with Crippen LogP contribution in [0.15, 0.2) is 30.7 Å².